The quantitative estimate of drug-likeness (QED) is 0.401. The molecule has 1 aliphatic rings. The summed E-state index contributed by atoms with van der Waals surface area (Å²) in [5.41, 5.74) is 2.32. The number of hydrogen-bond acceptors (Lipinski definition) is 6. The lowest BCUT2D eigenvalue weighted by molar-refractivity contribution is -0.144. The lowest BCUT2D eigenvalue weighted by Crippen LogP contribution is -2.36. The monoisotopic (exact) mass is 482 g/mol. The van der Waals surface area contributed by atoms with Gasteiger partial charge in [-0.15, -0.1) is 0 Å². The van der Waals surface area contributed by atoms with E-state index in [0.29, 0.717) is 37.1 Å². The molecule has 1 atom stereocenters. The first-order valence-electron chi connectivity index (χ1n) is 11.6. The Labute approximate surface area is 202 Å². The van der Waals surface area contributed by atoms with Crippen LogP contribution in [0.5, 0.6) is 0 Å². The van der Waals surface area contributed by atoms with Crippen LogP contribution >= 0.6 is 0 Å². The number of rotatable bonds is 7. The number of carboxylic acid groups (broad SMARTS) is 1. The molecule has 2 heterocycles. The summed E-state index contributed by atoms with van der Waals surface area (Å²) < 4.78 is 25.9. The Morgan fingerprint density at radius 3 is 2.46 bits per heavy atom. The topological polar surface area (TPSA) is 108 Å². The molecule has 0 aliphatic heterocycles. The van der Waals surface area contributed by atoms with Crippen LogP contribution in [-0.2, 0) is 10.4 Å². The Bertz CT molecular complexity index is 1190. The van der Waals surface area contributed by atoms with Crippen molar-refractivity contribution in [3.05, 3.63) is 65.7 Å². The van der Waals surface area contributed by atoms with Gasteiger partial charge in [-0.3, -0.25) is 9.78 Å². The van der Waals surface area contributed by atoms with Gasteiger partial charge in [0.05, 0.1) is 11.6 Å². The van der Waals surface area contributed by atoms with E-state index in [0.717, 1.165) is 16.7 Å². The van der Waals surface area contributed by atoms with Crippen LogP contribution in [-0.4, -0.2) is 31.1 Å². The van der Waals surface area contributed by atoms with Crippen molar-refractivity contribution >= 4 is 17.6 Å². The summed E-state index contributed by atoms with van der Waals surface area (Å²) in [6, 6.07) is 10.5. The van der Waals surface area contributed by atoms with E-state index >= 15 is 0 Å². The van der Waals surface area contributed by atoms with Crippen molar-refractivity contribution in [1.82, 2.24) is 15.0 Å². The molecule has 35 heavy (non-hydrogen) atoms. The molecule has 0 bridgehead atoms. The molecule has 9 heteroatoms. The zero-order valence-corrected chi connectivity index (χ0v) is 19.6. The molecule has 1 aromatic carbocycles. The van der Waals surface area contributed by atoms with Crippen LogP contribution in [0.3, 0.4) is 0 Å². The van der Waals surface area contributed by atoms with Crippen molar-refractivity contribution in [3.63, 3.8) is 0 Å². The van der Waals surface area contributed by atoms with Crippen molar-refractivity contribution in [2.75, 3.05) is 5.32 Å². The number of benzene rings is 1. The molecule has 2 aromatic heterocycles. The fourth-order valence-electron chi connectivity index (χ4n) is 4.68. The average molecular weight is 483 g/mol. The van der Waals surface area contributed by atoms with E-state index in [2.05, 4.69) is 20.3 Å². The molecule has 0 radical (unpaired) electrons. The molecular formula is C26H28F2N4O3. The van der Waals surface area contributed by atoms with Gasteiger partial charge in [0.1, 0.15) is 11.3 Å². The van der Waals surface area contributed by atoms with Crippen LogP contribution in [0, 0.1) is 18.8 Å². The number of hydrogen-bond donors (Lipinski definition) is 3. The summed E-state index contributed by atoms with van der Waals surface area (Å²) in [4.78, 5) is 23.6. The molecular weight excluding hydrogens is 454 g/mol. The maximum Gasteiger partial charge on any atom is 0.306 e. The Kier molecular flexibility index (Phi) is 7.07. The summed E-state index contributed by atoms with van der Waals surface area (Å²) in [5, 5.41) is 23.4. The number of aliphatic carboxylic acids is 1. The van der Waals surface area contributed by atoms with Gasteiger partial charge in [0.25, 0.3) is 6.43 Å². The molecule has 1 fully saturated rings. The van der Waals surface area contributed by atoms with E-state index in [1.54, 1.807) is 19.2 Å². The van der Waals surface area contributed by atoms with Crippen molar-refractivity contribution in [2.24, 2.45) is 11.8 Å². The van der Waals surface area contributed by atoms with Gasteiger partial charge < -0.3 is 15.5 Å². The molecule has 0 unspecified atom stereocenters. The van der Waals surface area contributed by atoms with Crippen molar-refractivity contribution < 1.29 is 23.8 Å². The standard InChI is InChI=1S/C26H28F2N4O3/c1-15-11-18(13-20(12-15)31-25-29-10-9-21(32-25)23(27)28)17-5-8-22(30-14-17)26(2,35)19-6-3-16(4-7-19)24(33)34/h5,8-14,16,19,23,35H,3-4,6-7H2,1-2H3,(H,33,34)(H,29,31,32)/t16-,19-,26-/m0/s1. The molecule has 4 rings (SSSR count). The summed E-state index contributed by atoms with van der Waals surface area (Å²) >= 11 is 0. The maximum absolute atomic E-state index is 13.0. The lowest BCUT2D eigenvalue weighted by atomic mass is 9.73. The van der Waals surface area contributed by atoms with Crippen LogP contribution in [0.25, 0.3) is 11.1 Å². The van der Waals surface area contributed by atoms with Crippen LogP contribution < -0.4 is 5.32 Å². The molecule has 7 nitrogen and oxygen atoms in total. The predicted octanol–water partition coefficient (Wildman–Crippen LogP) is 5.63. The van der Waals surface area contributed by atoms with E-state index in [1.165, 1.54) is 12.3 Å². The minimum Gasteiger partial charge on any atom is -0.481 e. The second kappa shape index (κ2) is 10.0. The number of nitrogens with one attached hydrogen (secondary N) is 1. The van der Waals surface area contributed by atoms with Gasteiger partial charge in [-0.25, -0.2) is 18.7 Å². The number of alkyl halides is 2. The molecule has 0 spiro atoms. The third-order valence-electron chi connectivity index (χ3n) is 6.72. The van der Waals surface area contributed by atoms with Gasteiger partial charge in [-0.1, -0.05) is 12.1 Å². The number of halogens is 2. The zero-order valence-electron chi connectivity index (χ0n) is 19.6. The zero-order chi connectivity index (χ0) is 25.2. The fourth-order valence-corrected chi connectivity index (χ4v) is 4.68. The highest BCUT2D eigenvalue weighted by Gasteiger charge is 2.38. The number of carbonyl (C=O) groups is 1. The first kappa shape index (κ1) is 24.7. The van der Waals surface area contributed by atoms with E-state index in [4.69, 9.17) is 0 Å². The summed E-state index contributed by atoms with van der Waals surface area (Å²) in [6.45, 7) is 3.66. The number of anilines is 2. The van der Waals surface area contributed by atoms with Crippen LogP contribution in [0.1, 0.15) is 56.0 Å². The molecule has 0 saturated heterocycles. The van der Waals surface area contributed by atoms with Crippen LogP contribution in [0.4, 0.5) is 20.4 Å². The predicted molar refractivity (Wildman–Crippen MR) is 127 cm³/mol. The number of carboxylic acids is 1. The van der Waals surface area contributed by atoms with E-state index in [-0.39, 0.29) is 23.5 Å². The largest absolute Gasteiger partial charge is 0.481 e. The second-order valence-electron chi connectivity index (χ2n) is 9.28. The molecule has 1 saturated carbocycles. The molecule has 3 aromatic rings. The normalized spacial score (nSPS) is 19.8. The number of aromatic nitrogens is 3. The van der Waals surface area contributed by atoms with Gasteiger partial charge in [0.15, 0.2) is 0 Å². The third-order valence-corrected chi connectivity index (χ3v) is 6.72. The van der Waals surface area contributed by atoms with Gasteiger partial charge in [-0.2, -0.15) is 0 Å². The van der Waals surface area contributed by atoms with Gasteiger partial charge >= 0.3 is 5.97 Å². The molecule has 0 amide bonds. The molecule has 3 N–H and O–H groups in total. The van der Waals surface area contributed by atoms with Crippen molar-refractivity contribution in [1.29, 1.82) is 0 Å². The highest BCUT2D eigenvalue weighted by molar-refractivity contribution is 5.71. The minimum absolute atomic E-state index is 0.0600. The summed E-state index contributed by atoms with van der Waals surface area (Å²) in [5.74, 6) is -1.09. The highest BCUT2D eigenvalue weighted by Crippen LogP contribution is 2.40. The Hall–Kier alpha value is -3.46. The summed E-state index contributed by atoms with van der Waals surface area (Å²) in [6.07, 6.45) is 2.68. The Balaban J connectivity index is 1.52. The lowest BCUT2D eigenvalue weighted by Gasteiger charge is -2.36. The van der Waals surface area contributed by atoms with Crippen molar-refractivity contribution in [2.45, 2.75) is 51.6 Å². The van der Waals surface area contributed by atoms with Gasteiger partial charge in [0, 0.05) is 23.6 Å². The van der Waals surface area contributed by atoms with E-state index in [9.17, 15) is 23.8 Å². The average Bonchev–Trinajstić information content (AvgIpc) is 2.84. The SMILES string of the molecule is Cc1cc(Nc2nccc(C(F)F)n2)cc(-c2ccc([C@@](C)(O)[C@H]3CC[C@H](C(=O)O)CC3)nc2)c1. The fraction of sp³-hybridized carbons (Fsp3) is 0.385. The third kappa shape index (κ3) is 5.62. The van der Waals surface area contributed by atoms with E-state index in [1.807, 2.05) is 31.2 Å². The molecule has 1 aliphatic carbocycles. The Morgan fingerprint density at radius 2 is 1.83 bits per heavy atom. The summed E-state index contributed by atoms with van der Waals surface area (Å²) in [7, 11) is 0. The number of nitrogens with zero attached hydrogens (tertiary/aromatic N) is 3. The smallest absolute Gasteiger partial charge is 0.306 e. The number of pyridine rings is 1. The first-order valence-corrected chi connectivity index (χ1v) is 11.6. The van der Waals surface area contributed by atoms with Crippen LogP contribution in [0.2, 0.25) is 0 Å². The number of aryl methyl sites for hydroxylation is 1. The highest BCUT2D eigenvalue weighted by atomic mass is 19.3. The van der Waals surface area contributed by atoms with Gasteiger partial charge in [0.2, 0.25) is 5.95 Å². The molecule has 184 valence electrons. The van der Waals surface area contributed by atoms with Crippen LogP contribution in [0.15, 0.2) is 48.8 Å². The maximum atomic E-state index is 13.0. The van der Waals surface area contributed by atoms with E-state index < -0.39 is 18.0 Å². The Morgan fingerprint density at radius 1 is 1.09 bits per heavy atom. The first-order chi connectivity index (χ1) is 16.6. The second-order valence-corrected chi connectivity index (χ2v) is 9.28. The van der Waals surface area contributed by atoms with Gasteiger partial charge in [-0.05, 0) is 80.8 Å². The minimum atomic E-state index is -2.68. The van der Waals surface area contributed by atoms with Crippen molar-refractivity contribution in [3.8, 4) is 11.1 Å². The number of aliphatic hydroxyl groups is 1.